The minimum Gasteiger partial charge on any atom is -0.399 e. The molecule has 1 unspecified atom stereocenters. The molecule has 0 radical (unpaired) electrons. The Morgan fingerprint density at radius 3 is 2.65 bits per heavy atom. The van der Waals surface area contributed by atoms with Crippen molar-refractivity contribution in [3.05, 3.63) is 29.8 Å². The zero-order valence-electron chi connectivity index (χ0n) is 11.2. The van der Waals surface area contributed by atoms with Crippen LogP contribution in [-0.4, -0.2) is 24.9 Å². The van der Waals surface area contributed by atoms with Crippen LogP contribution in [-0.2, 0) is 16.0 Å². The molecule has 110 valence electrons. The van der Waals surface area contributed by atoms with Crippen LogP contribution in [0.25, 0.3) is 0 Å². The van der Waals surface area contributed by atoms with E-state index in [1.807, 2.05) is 24.3 Å². The molecule has 2 rings (SSSR count). The smallest absolute Gasteiger partial charge is 0.224 e. The van der Waals surface area contributed by atoms with E-state index in [1.54, 1.807) is 0 Å². The Morgan fingerprint density at radius 2 is 2.05 bits per heavy atom. The van der Waals surface area contributed by atoms with Gasteiger partial charge in [-0.05, 0) is 30.5 Å². The lowest BCUT2D eigenvalue weighted by Crippen LogP contribution is -2.43. The lowest BCUT2D eigenvalue weighted by molar-refractivity contribution is -0.128. The molecule has 0 bridgehead atoms. The Bertz CT molecular complexity index is 452. The van der Waals surface area contributed by atoms with Gasteiger partial charge in [-0.1, -0.05) is 12.1 Å². The number of nitrogen functional groups attached to an aromatic ring is 1. The van der Waals surface area contributed by atoms with Gasteiger partial charge in [0.05, 0.1) is 5.92 Å². The summed E-state index contributed by atoms with van der Waals surface area (Å²) in [5.74, 6) is -0.0366. The van der Waals surface area contributed by atoms with Gasteiger partial charge in [0, 0.05) is 25.2 Å². The van der Waals surface area contributed by atoms with Crippen molar-refractivity contribution in [1.82, 2.24) is 10.6 Å². The van der Waals surface area contributed by atoms with Crippen molar-refractivity contribution in [3.8, 4) is 0 Å². The van der Waals surface area contributed by atoms with Gasteiger partial charge in [0.25, 0.3) is 0 Å². The minimum absolute atomic E-state index is 0. The highest BCUT2D eigenvalue weighted by Crippen LogP contribution is 2.11. The standard InChI is InChI=1S/C14H19N3O2.ClH/c15-12-4-1-10(2-5-12)7-8-16-14(19)11-3-6-13(18)17-9-11;/h1-2,4-5,11H,3,6-9,15H2,(H,16,19)(H,17,18);1H. The molecule has 1 saturated heterocycles. The van der Waals surface area contributed by atoms with Crippen molar-refractivity contribution in [2.24, 2.45) is 5.92 Å². The monoisotopic (exact) mass is 297 g/mol. The summed E-state index contributed by atoms with van der Waals surface area (Å²) in [5.41, 5.74) is 7.49. The molecule has 0 aliphatic carbocycles. The Hall–Kier alpha value is -1.75. The number of halogens is 1. The van der Waals surface area contributed by atoms with Crippen LogP contribution >= 0.6 is 12.4 Å². The van der Waals surface area contributed by atoms with Crippen LogP contribution < -0.4 is 16.4 Å². The highest BCUT2D eigenvalue weighted by molar-refractivity contribution is 5.85. The molecule has 1 aliphatic heterocycles. The maximum atomic E-state index is 11.9. The van der Waals surface area contributed by atoms with Crippen LogP contribution in [0.1, 0.15) is 18.4 Å². The van der Waals surface area contributed by atoms with Gasteiger partial charge in [0.2, 0.25) is 11.8 Å². The first-order chi connectivity index (χ1) is 9.15. The van der Waals surface area contributed by atoms with Gasteiger partial charge >= 0.3 is 0 Å². The van der Waals surface area contributed by atoms with Crippen LogP contribution in [0.4, 0.5) is 5.69 Å². The van der Waals surface area contributed by atoms with Crippen LogP contribution in [0.3, 0.4) is 0 Å². The number of piperidine rings is 1. The Morgan fingerprint density at radius 1 is 1.35 bits per heavy atom. The predicted molar refractivity (Wildman–Crippen MR) is 80.5 cm³/mol. The Balaban J connectivity index is 0.00000200. The van der Waals surface area contributed by atoms with Gasteiger partial charge < -0.3 is 16.4 Å². The third-order valence-electron chi connectivity index (χ3n) is 3.33. The van der Waals surface area contributed by atoms with E-state index in [1.165, 1.54) is 0 Å². The minimum atomic E-state index is -0.0934. The van der Waals surface area contributed by atoms with Crippen molar-refractivity contribution in [2.75, 3.05) is 18.8 Å². The molecule has 4 N–H and O–H groups in total. The van der Waals surface area contributed by atoms with E-state index in [0.717, 1.165) is 17.7 Å². The largest absolute Gasteiger partial charge is 0.399 e. The zero-order chi connectivity index (χ0) is 13.7. The number of benzene rings is 1. The van der Waals surface area contributed by atoms with E-state index in [9.17, 15) is 9.59 Å². The summed E-state index contributed by atoms with van der Waals surface area (Å²) in [7, 11) is 0. The number of hydrogen-bond acceptors (Lipinski definition) is 3. The number of amides is 2. The number of hydrogen-bond donors (Lipinski definition) is 3. The van der Waals surface area contributed by atoms with Gasteiger partial charge in [0.1, 0.15) is 0 Å². The molecular formula is C14H20ClN3O2. The van der Waals surface area contributed by atoms with Gasteiger partial charge in [-0.3, -0.25) is 9.59 Å². The third kappa shape index (κ3) is 4.74. The highest BCUT2D eigenvalue weighted by atomic mass is 35.5. The van der Waals surface area contributed by atoms with Gasteiger partial charge in [0.15, 0.2) is 0 Å². The number of nitrogens with two attached hydrogens (primary N) is 1. The Kier molecular flexibility index (Phi) is 6.31. The third-order valence-corrected chi connectivity index (χ3v) is 3.33. The molecule has 1 aliphatic rings. The van der Waals surface area contributed by atoms with Crippen LogP contribution in [0.15, 0.2) is 24.3 Å². The molecule has 0 spiro atoms. The first-order valence-electron chi connectivity index (χ1n) is 6.54. The van der Waals surface area contributed by atoms with E-state index >= 15 is 0 Å². The summed E-state index contributed by atoms with van der Waals surface area (Å²) in [4.78, 5) is 22.9. The van der Waals surface area contributed by atoms with Crippen molar-refractivity contribution in [3.63, 3.8) is 0 Å². The number of carbonyl (C=O) groups is 2. The molecule has 2 amide bonds. The Labute approximate surface area is 124 Å². The molecule has 20 heavy (non-hydrogen) atoms. The average Bonchev–Trinajstić information content (AvgIpc) is 2.41. The fourth-order valence-corrected chi connectivity index (χ4v) is 2.12. The molecule has 1 aromatic carbocycles. The second kappa shape index (κ2) is 7.75. The number of carbonyl (C=O) groups excluding carboxylic acids is 2. The molecule has 1 fully saturated rings. The second-order valence-electron chi connectivity index (χ2n) is 4.82. The normalized spacial score (nSPS) is 17.8. The van der Waals surface area contributed by atoms with E-state index in [0.29, 0.717) is 25.9 Å². The highest BCUT2D eigenvalue weighted by Gasteiger charge is 2.23. The van der Waals surface area contributed by atoms with Crippen molar-refractivity contribution < 1.29 is 9.59 Å². The summed E-state index contributed by atoms with van der Waals surface area (Å²) in [6, 6.07) is 7.63. The summed E-state index contributed by atoms with van der Waals surface area (Å²) in [6.07, 6.45) is 1.86. The van der Waals surface area contributed by atoms with Gasteiger partial charge in [-0.25, -0.2) is 0 Å². The van der Waals surface area contributed by atoms with Crippen LogP contribution in [0.2, 0.25) is 0 Å². The summed E-state index contributed by atoms with van der Waals surface area (Å²) < 4.78 is 0. The first-order valence-corrected chi connectivity index (χ1v) is 6.54. The molecule has 0 aromatic heterocycles. The summed E-state index contributed by atoms with van der Waals surface area (Å²) in [5, 5.41) is 5.62. The van der Waals surface area contributed by atoms with E-state index in [2.05, 4.69) is 10.6 Å². The number of nitrogens with one attached hydrogen (secondary N) is 2. The molecule has 1 heterocycles. The first kappa shape index (κ1) is 16.3. The van der Waals surface area contributed by atoms with Crippen molar-refractivity contribution in [2.45, 2.75) is 19.3 Å². The van der Waals surface area contributed by atoms with E-state index in [-0.39, 0.29) is 30.1 Å². The topological polar surface area (TPSA) is 84.2 Å². The van der Waals surface area contributed by atoms with E-state index in [4.69, 9.17) is 5.73 Å². The molecule has 6 heteroatoms. The molecule has 0 saturated carbocycles. The number of anilines is 1. The van der Waals surface area contributed by atoms with Crippen LogP contribution in [0, 0.1) is 5.92 Å². The fraction of sp³-hybridized carbons (Fsp3) is 0.429. The average molecular weight is 298 g/mol. The predicted octanol–water partition coefficient (Wildman–Crippen LogP) is 0.875. The SMILES string of the molecule is Cl.Nc1ccc(CCNC(=O)C2CCC(=O)NC2)cc1. The zero-order valence-corrected chi connectivity index (χ0v) is 12.0. The van der Waals surface area contributed by atoms with Crippen molar-refractivity contribution in [1.29, 1.82) is 0 Å². The molecule has 1 atom stereocenters. The molecule has 1 aromatic rings. The molecular weight excluding hydrogens is 278 g/mol. The quantitative estimate of drug-likeness (QED) is 0.721. The lowest BCUT2D eigenvalue weighted by Gasteiger charge is -2.21. The molecule has 5 nitrogen and oxygen atoms in total. The van der Waals surface area contributed by atoms with Crippen LogP contribution in [0.5, 0.6) is 0 Å². The maximum Gasteiger partial charge on any atom is 0.224 e. The summed E-state index contributed by atoms with van der Waals surface area (Å²) >= 11 is 0. The van der Waals surface area contributed by atoms with Gasteiger partial charge in [-0.15, -0.1) is 12.4 Å². The lowest BCUT2D eigenvalue weighted by atomic mass is 9.98. The summed E-state index contributed by atoms with van der Waals surface area (Å²) in [6.45, 7) is 1.06. The maximum absolute atomic E-state index is 11.9. The van der Waals surface area contributed by atoms with Gasteiger partial charge in [-0.2, -0.15) is 0 Å². The van der Waals surface area contributed by atoms with E-state index < -0.39 is 0 Å². The fourth-order valence-electron chi connectivity index (χ4n) is 2.12. The number of rotatable bonds is 4. The second-order valence-corrected chi connectivity index (χ2v) is 4.82. The van der Waals surface area contributed by atoms with Crippen molar-refractivity contribution >= 4 is 29.9 Å².